The Morgan fingerprint density at radius 3 is 1.32 bits per heavy atom. The number of rotatable bonds is 3. The predicted molar refractivity (Wildman–Crippen MR) is 61.2 cm³/mol. The van der Waals surface area contributed by atoms with Gasteiger partial charge < -0.3 is 0 Å². The summed E-state index contributed by atoms with van der Waals surface area (Å²) in [6.07, 6.45) is -21.9. The van der Waals surface area contributed by atoms with Crippen molar-refractivity contribution in [2.45, 2.75) is 28.2 Å². The minimum atomic E-state index is -7.32. The smallest absolute Gasteiger partial charge is 0.258 e. The van der Waals surface area contributed by atoms with E-state index in [9.17, 15) is 58.0 Å². The maximum atomic E-state index is 12.8. The standard InChI is InChI=1S/C10H4F9NO4S/c11-8(12,13)7(9(14,15)16,10(17,18)19)25(23,24)6-3-1-5(2-4-6)20(21)22/h1-4H. The molecule has 0 amide bonds. The first-order valence-corrected chi connectivity index (χ1v) is 7.09. The van der Waals surface area contributed by atoms with E-state index >= 15 is 0 Å². The van der Waals surface area contributed by atoms with Gasteiger partial charge in [-0.15, -0.1) is 0 Å². The van der Waals surface area contributed by atoms with Gasteiger partial charge in [-0.25, -0.2) is 8.42 Å². The molecule has 0 fully saturated rings. The second-order valence-corrected chi connectivity index (χ2v) is 6.52. The molecule has 5 nitrogen and oxygen atoms in total. The first-order valence-electron chi connectivity index (χ1n) is 5.60. The van der Waals surface area contributed by atoms with Crippen molar-refractivity contribution in [2.75, 3.05) is 0 Å². The zero-order valence-corrected chi connectivity index (χ0v) is 12.0. The number of hydrogen-bond donors (Lipinski definition) is 0. The molecule has 0 heterocycles. The molecule has 25 heavy (non-hydrogen) atoms. The molecule has 0 aliphatic rings. The number of hydrogen-bond acceptors (Lipinski definition) is 4. The third-order valence-corrected chi connectivity index (χ3v) is 5.35. The van der Waals surface area contributed by atoms with Crippen molar-refractivity contribution in [3.63, 3.8) is 0 Å². The fraction of sp³-hybridized carbons (Fsp3) is 0.400. The topological polar surface area (TPSA) is 77.3 Å². The molecule has 1 rings (SSSR count). The molecule has 0 aliphatic carbocycles. The maximum Gasteiger partial charge on any atom is 0.426 e. The Morgan fingerprint density at radius 1 is 0.760 bits per heavy atom. The highest BCUT2D eigenvalue weighted by Gasteiger charge is 2.90. The fourth-order valence-electron chi connectivity index (χ4n) is 1.86. The molecule has 1 aromatic carbocycles. The Balaban J connectivity index is 3.90. The predicted octanol–water partition coefficient (Wildman–Crippen LogP) is 3.79. The molecule has 0 radical (unpaired) electrons. The fourth-order valence-corrected chi connectivity index (χ4v) is 3.63. The summed E-state index contributed by atoms with van der Waals surface area (Å²) in [5.41, 5.74) is -0.962. The van der Waals surface area contributed by atoms with Crippen LogP contribution in [0.4, 0.5) is 45.2 Å². The highest BCUT2D eigenvalue weighted by Crippen LogP contribution is 2.58. The van der Waals surface area contributed by atoms with E-state index in [4.69, 9.17) is 0 Å². The molecule has 142 valence electrons. The van der Waals surface area contributed by atoms with Crippen molar-refractivity contribution in [1.29, 1.82) is 0 Å². The number of alkyl halides is 9. The van der Waals surface area contributed by atoms with Crippen LogP contribution in [0.3, 0.4) is 0 Å². The van der Waals surface area contributed by atoms with Gasteiger partial charge in [-0.05, 0) is 12.1 Å². The van der Waals surface area contributed by atoms with E-state index in [2.05, 4.69) is 0 Å². The molecule has 0 aliphatic heterocycles. The zero-order chi connectivity index (χ0) is 20.1. The van der Waals surface area contributed by atoms with Crippen LogP contribution in [-0.4, -0.2) is 36.6 Å². The maximum absolute atomic E-state index is 12.8. The molecule has 0 bridgehead atoms. The quantitative estimate of drug-likeness (QED) is 0.436. The highest BCUT2D eigenvalue weighted by molar-refractivity contribution is 7.93. The average Bonchev–Trinajstić information content (AvgIpc) is 2.33. The van der Waals surface area contributed by atoms with E-state index in [1.165, 1.54) is 0 Å². The van der Waals surface area contributed by atoms with Crippen molar-refractivity contribution < 1.29 is 52.9 Å². The summed E-state index contributed by atoms with van der Waals surface area (Å²) in [4.78, 5) is 7.12. The van der Waals surface area contributed by atoms with E-state index in [1.54, 1.807) is 0 Å². The van der Waals surface area contributed by atoms with Gasteiger partial charge in [0.2, 0.25) is 9.84 Å². The van der Waals surface area contributed by atoms with Gasteiger partial charge >= 0.3 is 23.3 Å². The number of sulfone groups is 1. The first-order chi connectivity index (χ1) is 10.9. The van der Waals surface area contributed by atoms with Crippen LogP contribution in [0, 0.1) is 10.1 Å². The molecule has 1 aromatic rings. The number of nitro groups is 1. The van der Waals surface area contributed by atoms with Gasteiger partial charge in [0.15, 0.2) is 0 Å². The summed E-state index contributed by atoms with van der Waals surface area (Å²) in [7, 11) is -7.18. The second kappa shape index (κ2) is 5.74. The van der Waals surface area contributed by atoms with Crippen molar-refractivity contribution in [3.8, 4) is 0 Å². The van der Waals surface area contributed by atoms with Crippen LogP contribution < -0.4 is 0 Å². The lowest BCUT2D eigenvalue weighted by atomic mass is 10.1. The molecule has 0 aromatic heterocycles. The Hall–Kier alpha value is -2.06. The van der Waals surface area contributed by atoms with E-state index in [-0.39, 0.29) is 24.3 Å². The number of halogens is 9. The van der Waals surface area contributed by atoms with Gasteiger partial charge in [-0.3, -0.25) is 10.1 Å². The third kappa shape index (κ3) is 3.00. The second-order valence-electron chi connectivity index (χ2n) is 4.43. The SMILES string of the molecule is O=[N+]([O-])c1ccc(S(=O)(=O)C(C(F)(F)F)(C(F)(F)F)C(F)(F)F)cc1. The Kier molecular flexibility index (Phi) is 4.82. The molecule has 0 N–H and O–H groups in total. The lowest BCUT2D eigenvalue weighted by Crippen LogP contribution is -2.70. The third-order valence-electron chi connectivity index (χ3n) is 2.96. The normalized spacial score (nSPS) is 14.4. The zero-order valence-electron chi connectivity index (χ0n) is 11.2. The molecule has 0 saturated carbocycles. The summed E-state index contributed by atoms with van der Waals surface area (Å²) < 4.78 is 132. The van der Waals surface area contributed by atoms with Gasteiger partial charge in [-0.2, -0.15) is 39.5 Å². The van der Waals surface area contributed by atoms with Crippen LogP contribution in [0.1, 0.15) is 0 Å². The molecular weight excluding hydrogens is 401 g/mol. The highest BCUT2D eigenvalue weighted by atomic mass is 32.2. The Morgan fingerprint density at radius 2 is 1.08 bits per heavy atom. The minimum absolute atomic E-state index is 0.147. The monoisotopic (exact) mass is 405 g/mol. The minimum Gasteiger partial charge on any atom is -0.258 e. The molecule has 15 heteroatoms. The van der Waals surface area contributed by atoms with Gasteiger partial charge in [-0.1, -0.05) is 0 Å². The largest absolute Gasteiger partial charge is 0.426 e. The summed E-state index contributed by atoms with van der Waals surface area (Å²) in [6.45, 7) is 0. The molecule has 0 saturated heterocycles. The van der Waals surface area contributed by atoms with Gasteiger partial charge in [0.1, 0.15) is 0 Å². The van der Waals surface area contributed by atoms with Crippen LogP contribution >= 0.6 is 0 Å². The molecular formula is C10H4F9NO4S. The van der Waals surface area contributed by atoms with E-state index in [0.29, 0.717) is 0 Å². The number of nitro benzene ring substituents is 1. The van der Waals surface area contributed by atoms with Crippen molar-refractivity contribution in [2.24, 2.45) is 0 Å². The summed E-state index contributed by atoms with van der Waals surface area (Å²) in [6, 6.07) is 0.0123. The van der Waals surface area contributed by atoms with Crippen LogP contribution in [0.2, 0.25) is 0 Å². The van der Waals surface area contributed by atoms with E-state index in [1.807, 2.05) is 0 Å². The summed E-state index contributed by atoms with van der Waals surface area (Å²) in [5, 5.41) is 10.4. The van der Waals surface area contributed by atoms with Gasteiger partial charge in [0.25, 0.3) is 5.69 Å². The number of benzene rings is 1. The summed E-state index contributed by atoms with van der Waals surface area (Å²) in [5.74, 6) is 0. The van der Waals surface area contributed by atoms with Crippen molar-refractivity contribution in [3.05, 3.63) is 34.4 Å². The van der Waals surface area contributed by atoms with Gasteiger partial charge in [0, 0.05) is 12.1 Å². The first kappa shape index (κ1) is 21.0. The number of nitrogens with zero attached hydrogens (tertiary/aromatic N) is 1. The van der Waals surface area contributed by atoms with Gasteiger partial charge in [0.05, 0.1) is 9.82 Å². The van der Waals surface area contributed by atoms with Crippen LogP contribution in [0.15, 0.2) is 29.2 Å². The Labute approximate surface area is 132 Å². The lowest BCUT2D eigenvalue weighted by molar-refractivity contribution is -0.384. The van der Waals surface area contributed by atoms with E-state index in [0.717, 1.165) is 0 Å². The number of non-ortho nitro benzene ring substituents is 1. The summed E-state index contributed by atoms with van der Waals surface area (Å²) >= 11 is 0. The van der Waals surface area contributed by atoms with Crippen molar-refractivity contribution in [1.82, 2.24) is 0 Å². The van der Waals surface area contributed by atoms with E-state index < -0.39 is 48.6 Å². The Bertz CT molecular complexity index is 726. The average molecular weight is 405 g/mol. The molecule has 0 spiro atoms. The van der Waals surface area contributed by atoms with Crippen LogP contribution in [0.25, 0.3) is 0 Å². The molecule has 0 unspecified atom stereocenters. The van der Waals surface area contributed by atoms with Crippen LogP contribution in [0.5, 0.6) is 0 Å². The van der Waals surface area contributed by atoms with Crippen LogP contribution in [-0.2, 0) is 9.84 Å². The van der Waals surface area contributed by atoms with Crippen molar-refractivity contribution >= 4 is 15.5 Å². The molecule has 0 atom stereocenters. The lowest BCUT2D eigenvalue weighted by Gasteiger charge is -2.37.